The van der Waals surface area contributed by atoms with Crippen molar-refractivity contribution < 1.29 is 9.47 Å². The van der Waals surface area contributed by atoms with E-state index < -0.39 is 0 Å². The molecule has 0 aliphatic rings. The molecule has 0 heterocycles. The predicted octanol–water partition coefficient (Wildman–Crippen LogP) is 6.00. The molecule has 0 aliphatic carbocycles. The predicted molar refractivity (Wildman–Crippen MR) is 96.5 cm³/mol. The Labute approximate surface area is 150 Å². The summed E-state index contributed by atoms with van der Waals surface area (Å²) in [5.74, 6) is 1.63. The van der Waals surface area contributed by atoms with Crippen LogP contribution in [0.4, 0.5) is 0 Å². The van der Waals surface area contributed by atoms with E-state index in [-0.39, 0.29) is 0 Å². The molecule has 0 atom stereocenters. The highest BCUT2D eigenvalue weighted by atomic mass is 79.9. The number of halogens is 3. The molecule has 2 rings (SSSR count). The van der Waals surface area contributed by atoms with Gasteiger partial charge in [0.15, 0.2) is 0 Å². The fourth-order valence-electron chi connectivity index (χ4n) is 2.00. The number of alkyl halides is 1. The Hall–Kier alpha value is -0.520. The van der Waals surface area contributed by atoms with Gasteiger partial charge in [0, 0.05) is 10.9 Å². The molecule has 0 saturated heterocycles. The summed E-state index contributed by atoms with van der Waals surface area (Å²) >= 11 is 10.6. The smallest absolute Gasteiger partial charge is 0.148 e. The number of hydrogen-bond acceptors (Lipinski definition) is 2. The highest BCUT2D eigenvalue weighted by Crippen LogP contribution is 2.36. The van der Waals surface area contributed by atoms with E-state index in [1.165, 1.54) is 11.1 Å². The Bertz CT molecular complexity index is 618. The third kappa shape index (κ3) is 4.24. The standard InChI is InChI=1S/C16H15Br3O2/c1-10-3-4-15(20-2)12(5-10)9-21-16-13(18)6-11(8-17)7-14(16)19/h3-7H,8-9H2,1-2H3. The van der Waals surface area contributed by atoms with Gasteiger partial charge in [0.1, 0.15) is 18.1 Å². The van der Waals surface area contributed by atoms with Gasteiger partial charge in [-0.25, -0.2) is 0 Å². The van der Waals surface area contributed by atoms with Crippen molar-refractivity contribution in [2.24, 2.45) is 0 Å². The van der Waals surface area contributed by atoms with Crippen molar-refractivity contribution in [2.45, 2.75) is 18.9 Å². The Morgan fingerprint density at radius 2 is 1.71 bits per heavy atom. The van der Waals surface area contributed by atoms with Gasteiger partial charge < -0.3 is 9.47 Å². The lowest BCUT2D eigenvalue weighted by atomic mass is 10.1. The molecule has 0 saturated carbocycles. The van der Waals surface area contributed by atoms with Gasteiger partial charge in [-0.3, -0.25) is 0 Å². The largest absolute Gasteiger partial charge is 0.496 e. The quantitative estimate of drug-likeness (QED) is 0.490. The fraction of sp³-hybridized carbons (Fsp3) is 0.250. The summed E-state index contributed by atoms with van der Waals surface area (Å²) in [6, 6.07) is 10.2. The number of methoxy groups -OCH3 is 1. The van der Waals surface area contributed by atoms with Gasteiger partial charge in [-0.15, -0.1) is 0 Å². The van der Waals surface area contributed by atoms with Crippen molar-refractivity contribution >= 4 is 47.8 Å². The SMILES string of the molecule is COc1ccc(C)cc1COc1c(Br)cc(CBr)cc1Br. The highest BCUT2D eigenvalue weighted by Gasteiger charge is 2.11. The first kappa shape index (κ1) is 16.8. The summed E-state index contributed by atoms with van der Waals surface area (Å²) < 4.78 is 13.2. The van der Waals surface area contributed by atoms with Crippen molar-refractivity contribution in [3.63, 3.8) is 0 Å². The second-order valence-electron chi connectivity index (χ2n) is 4.63. The maximum atomic E-state index is 5.96. The monoisotopic (exact) mass is 476 g/mol. The van der Waals surface area contributed by atoms with E-state index in [2.05, 4.69) is 60.8 Å². The van der Waals surface area contributed by atoms with Crippen molar-refractivity contribution in [3.8, 4) is 11.5 Å². The molecule has 21 heavy (non-hydrogen) atoms. The molecule has 0 bridgehead atoms. The fourth-order valence-corrected chi connectivity index (χ4v) is 3.83. The lowest BCUT2D eigenvalue weighted by Gasteiger charge is -2.14. The van der Waals surface area contributed by atoms with E-state index in [1.54, 1.807) is 7.11 Å². The second-order valence-corrected chi connectivity index (χ2v) is 6.90. The Balaban J connectivity index is 2.22. The van der Waals surface area contributed by atoms with Crippen LogP contribution in [0.15, 0.2) is 39.3 Å². The summed E-state index contributed by atoms with van der Waals surface area (Å²) in [5, 5.41) is 0.802. The Morgan fingerprint density at radius 3 is 2.29 bits per heavy atom. The van der Waals surface area contributed by atoms with E-state index in [1.807, 2.05) is 24.3 Å². The van der Waals surface area contributed by atoms with E-state index in [0.717, 1.165) is 31.3 Å². The zero-order chi connectivity index (χ0) is 15.4. The van der Waals surface area contributed by atoms with Gasteiger partial charge in [-0.05, 0) is 68.6 Å². The van der Waals surface area contributed by atoms with Crippen molar-refractivity contribution in [2.75, 3.05) is 7.11 Å². The molecule has 2 nitrogen and oxygen atoms in total. The summed E-state index contributed by atoms with van der Waals surface area (Å²) in [6.07, 6.45) is 0. The number of benzene rings is 2. The van der Waals surface area contributed by atoms with Gasteiger partial charge in [0.25, 0.3) is 0 Å². The number of rotatable bonds is 5. The summed E-state index contributed by atoms with van der Waals surface area (Å²) in [6.45, 7) is 2.51. The first-order valence-electron chi connectivity index (χ1n) is 6.35. The third-order valence-corrected chi connectivity index (χ3v) is 4.85. The van der Waals surface area contributed by atoms with E-state index in [9.17, 15) is 0 Å². The van der Waals surface area contributed by atoms with Crippen LogP contribution in [0, 0.1) is 6.92 Å². The number of hydrogen-bond donors (Lipinski definition) is 0. The first-order chi connectivity index (χ1) is 10.0. The Morgan fingerprint density at radius 1 is 1.05 bits per heavy atom. The average molecular weight is 479 g/mol. The molecule has 0 aliphatic heterocycles. The third-order valence-electron chi connectivity index (χ3n) is 3.02. The Kier molecular flexibility index (Phi) is 6.14. The zero-order valence-corrected chi connectivity index (χ0v) is 16.5. The van der Waals surface area contributed by atoms with Crippen LogP contribution in [0.25, 0.3) is 0 Å². The maximum Gasteiger partial charge on any atom is 0.148 e. The molecule has 0 amide bonds. The molecule has 0 unspecified atom stereocenters. The van der Waals surface area contributed by atoms with Crippen LogP contribution in [-0.4, -0.2) is 7.11 Å². The van der Waals surface area contributed by atoms with Gasteiger partial charge in [-0.1, -0.05) is 27.6 Å². The molecule has 0 fully saturated rings. The van der Waals surface area contributed by atoms with Gasteiger partial charge >= 0.3 is 0 Å². The maximum absolute atomic E-state index is 5.96. The molecular formula is C16H15Br3O2. The van der Waals surface area contributed by atoms with Crippen molar-refractivity contribution in [1.82, 2.24) is 0 Å². The van der Waals surface area contributed by atoms with Crippen LogP contribution in [0.5, 0.6) is 11.5 Å². The topological polar surface area (TPSA) is 18.5 Å². The zero-order valence-electron chi connectivity index (χ0n) is 11.8. The lowest BCUT2D eigenvalue weighted by Crippen LogP contribution is -2.00. The van der Waals surface area contributed by atoms with Crippen molar-refractivity contribution in [3.05, 3.63) is 56.0 Å². The van der Waals surface area contributed by atoms with E-state index in [0.29, 0.717) is 6.61 Å². The van der Waals surface area contributed by atoms with Crippen LogP contribution < -0.4 is 9.47 Å². The summed E-state index contributed by atoms with van der Waals surface area (Å²) in [7, 11) is 1.67. The van der Waals surface area contributed by atoms with Crippen LogP contribution in [0.3, 0.4) is 0 Å². The minimum atomic E-state index is 0.454. The van der Waals surface area contributed by atoms with Crippen LogP contribution in [0.2, 0.25) is 0 Å². The highest BCUT2D eigenvalue weighted by molar-refractivity contribution is 9.11. The second kappa shape index (κ2) is 7.65. The number of aryl methyl sites for hydroxylation is 1. The molecule has 0 aromatic heterocycles. The summed E-state index contributed by atoms with van der Waals surface area (Å²) in [5.41, 5.74) is 3.39. The summed E-state index contributed by atoms with van der Waals surface area (Å²) in [4.78, 5) is 0. The van der Waals surface area contributed by atoms with Gasteiger partial charge in [0.2, 0.25) is 0 Å². The lowest BCUT2D eigenvalue weighted by molar-refractivity contribution is 0.293. The molecule has 0 spiro atoms. The van der Waals surface area contributed by atoms with Crippen LogP contribution >= 0.6 is 47.8 Å². The van der Waals surface area contributed by atoms with Crippen molar-refractivity contribution in [1.29, 1.82) is 0 Å². The van der Waals surface area contributed by atoms with Crippen LogP contribution in [-0.2, 0) is 11.9 Å². The molecule has 5 heteroatoms. The molecular weight excluding hydrogens is 464 g/mol. The molecule has 2 aromatic rings. The van der Waals surface area contributed by atoms with E-state index in [4.69, 9.17) is 9.47 Å². The van der Waals surface area contributed by atoms with Gasteiger partial charge in [0.05, 0.1) is 16.1 Å². The number of ether oxygens (including phenoxy) is 2. The van der Waals surface area contributed by atoms with E-state index >= 15 is 0 Å². The molecule has 112 valence electrons. The molecule has 0 N–H and O–H groups in total. The first-order valence-corrected chi connectivity index (χ1v) is 9.06. The molecule has 2 aromatic carbocycles. The minimum absolute atomic E-state index is 0.454. The normalized spacial score (nSPS) is 10.5. The average Bonchev–Trinajstić information content (AvgIpc) is 2.46. The van der Waals surface area contributed by atoms with Crippen LogP contribution in [0.1, 0.15) is 16.7 Å². The minimum Gasteiger partial charge on any atom is -0.496 e. The van der Waals surface area contributed by atoms with Gasteiger partial charge in [-0.2, -0.15) is 0 Å². The molecule has 0 radical (unpaired) electrons.